The molecular formula is C10H16FN2O13P3S. The molecule has 1 fully saturated rings. The van der Waals surface area contributed by atoms with Crippen molar-refractivity contribution in [2.75, 3.05) is 13.7 Å². The quantitative estimate of drug-likeness (QED) is 0.264. The lowest BCUT2D eigenvalue weighted by Gasteiger charge is -2.30. The molecule has 1 aromatic heterocycles. The van der Waals surface area contributed by atoms with Crippen LogP contribution in [0.15, 0.2) is 21.9 Å². The van der Waals surface area contributed by atoms with E-state index in [4.69, 9.17) is 23.8 Å². The van der Waals surface area contributed by atoms with Crippen molar-refractivity contribution < 1.29 is 55.7 Å². The first-order chi connectivity index (χ1) is 13.6. The number of phosphoric acid groups is 2. The van der Waals surface area contributed by atoms with Crippen LogP contribution < -0.4 is 11.2 Å². The molecule has 5 atom stereocenters. The minimum absolute atomic E-state index is 0.460. The molecule has 1 aliphatic heterocycles. The smallest absolute Gasteiger partial charge is 0.349 e. The first-order valence-electron chi connectivity index (χ1n) is 7.55. The minimum Gasteiger partial charge on any atom is -0.349 e. The van der Waals surface area contributed by atoms with Crippen molar-refractivity contribution >= 4 is 34.2 Å². The van der Waals surface area contributed by atoms with E-state index in [0.29, 0.717) is 0 Å². The number of ether oxygens (including phenoxy) is 2. The van der Waals surface area contributed by atoms with E-state index in [2.05, 4.69) is 20.4 Å². The number of nitrogens with one attached hydrogen (secondary N) is 1. The number of methoxy groups -OCH3 is 1. The van der Waals surface area contributed by atoms with Gasteiger partial charge in [-0.25, -0.2) is 22.6 Å². The fourth-order valence-electron chi connectivity index (χ4n) is 2.37. The fourth-order valence-corrected chi connectivity index (χ4v) is 6.32. The van der Waals surface area contributed by atoms with Crippen molar-refractivity contribution in [2.45, 2.75) is 24.6 Å². The zero-order valence-electron chi connectivity index (χ0n) is 14.8. The highest BCUT2D eigenvalue weighted by Crippen LogP contribution is 2.66. The molecule has 0 radical (unpaired) electrons. The average Bonchev–Trinajstić information content (AvgIpc) is 2.86. The van der Waals surface area contributed by atoms with E-state index in [1.165, 1.54) is 0 Å². The Hall–Kier alpha value is -0.640. The second-order valence-electron chi connectivity index (χ2n) is 5.67. The van der Waals surface area contributed by atoms with E-state index in [1.807, 2.05) is 4.98 Å². The van der Waals surface area contributed by atoms with Crippen molar-refractivity contribution in [3.05, 3.63) is 33.1 Å². The lowest BCUT2D eigenvalue weighted by molar-refractivity contribution is -0.257. The molecular weight excluding hydrogens is 500 g/mol. The van der Waals surface area contributed by atoms with Gasteiger partial charge in [0.2, 0.25) is 5.79 Å². The van der Waals surface area contributed by atoms with Gasteiger partial charge in [0.1, 0.15) is 12.8 Å². The van der Waals surface area contributed by atoms with Crippen LogP contribution in [0.3, 0.4) is 0 Å². The molecule has 0 amide bonds. The third-order valence-electron chi connectivity index (χ3n) is 3.57. The molecule has 0 spiro atoms. The second kappa shape index (κ2) is 9.08. The van der Waals surface area contributed by atoms with Crippen LogP contribution in [0.1, 0.15) is 12.6 Å². The van der Waals surface area contributed by atoms with E-state index in [0.717, 1.165) is 23.9 Å². The maximum Gasteiger partial charge on any atom is 0.488 e. The van der Waals surface area contributed by atoms with Gasteiger partial charge in [-0.1, -0.05) is 0 Å². The van der Waals surface area contributed by atoms with Gasteiger partial charge in [-0.15, -0.1) is 0 Å². The molecule has 20 heteroatoms. The molecule has 0 aromatic carbocycles. The molecule has 15 nitrogen and oxygen atoms in total. The largest absolute Gasteiger partial charge is 0.488 e. The van der Waals surface area contributed by atoms with Crippen molar-refractivity contribution in [3.63, 3.8) is 0 Å². The topological polar surface area (TPSA) is 216 Å². The van der Waals surface area contributed by atoms with Crippen molar-refractivity contribution in [3.8, 4) is 0 Å². The van der Waals surface area contributed by atoms with Gasteiger partial charge in [0.15, 0.2) is 6.17 Å². The van der Waals surface area contributed by atoms with Gasteiger partial charge in [0, 0.05) is 25.8 Å². The summed E-state index contributed by atoms with van der Waals surface area (Å²) < 4.78 is 60.2. The molecule has 2 rings (SSSR count). The molecule has 5 unspecified atom stereocenters. The summed E-state index contributed by atoms with van der Waals surface area (Å²) in [6.07, 6.45) is -2.66. The van der Waals surface area contributed by atoms with E-state index in [9.17, 15) is 32.9 Å². The first kappa shape index (κ1) is 25.6. The number of aromatic amines is 1. The summed E-state index contributed by atoms with van der Waals surface area (Å²) >= 11 is 4.44. The standard InChI is InChI=1S/C10H16FN2O13P3S/c1-22-10(5-23-29(21,30)26-28(19,20)25-27(16,17)18)6(11)4-8(24-10)13-3-2-7(14)12-9(13)15/h2-3,6,8H,4-5H2,1H3,(H,19,20)(H,21,30)(H,12,14,15)(H2,16,17,18). The van der Waals surface area contributed by atoms with E-state index in [1.54, 1.807) is 0 Å². The molecule has 0 saturated carbocycles. The lowest BCUT2D eigenvalue weighted by Crippen LogP contribution is -2.44. The summed E-state index contributed by atoms with van der Waals surface area (Å²) in [6.45, 7) is -5.76. The van der Waals surface area contributed by atoms with Crippen LogP contribution in [0.2, 0.25) is 0 Å². The number of H-pyrrole nitrogens is 1. The van der Waals surface area contributed by atoms with Gasteiger partial charge >= 0.3 is 28.1 Å². The van der Waals surface area contributed by atoms with E-state index >= 15 is 0 Å². The minimum atomic E-state index is -5.56. The Labute approximate surface area is 171 Å². The molecule has 1 aliphatic rings. The van der Waals surface area contributed by atoms with Crippen molar-refractivity contribution in [1.82, 2.24) is 9.55 Å². The van der Waals surface area contributed by atoms with Gasteiger partial charge < -0.3 is 33.6 Å². The van der Waals surface area contributed by atoms with Gasteiger partial charge in [0.25, 0.3) is 5.56 Å². The van der Waals surface area contributed by atoms with E-state index in [-0.39, 0.29) is 0 Å². The number of hydrogen-bond donors (Lipinski definition) is 5. The molecule has 0 bridgehead atoms. The summed E-state index contributed by atoms with van der Waals surface area (Å²) in [6, 6.07) is 0.989. The van der Waals surface area contributed by atoms with Crippen LogP contribution in [0.25, 0.3) is 0 Å². The third kappa shape index (κ3) is 6.68. The van der Waals surface area contributed by atoms with Crippen LogP contribution in [0.5, 0.6) is 0 Å². The van der Waals surface area contributed by atoms with Crippen LogP contribution >= 0.6 is 22.4 Å². The molecule has 2 heterocycles. The summed E-state index contributed by atoms with van der Waals surface area (Å²) in [5, 5.41) is 0. The summed E-state index contributed by atoms with van der Waals surface area (Å²) in [5.74, 6) is -2.26. The third-order valence-corrected chi connectivity index (χ3v) is 8.27. The first-order valence-corrected chi connectivity index (χ1v) is 13.2. The zero-order valence-corrected chi connectivity index (χ0v) is 18.3. The van der Waals surface area contributed by atoms with E-state index < -0.39 is 64.8 Å². The Morgan fingerprint density at radius 3 is 2.50 bits per heavy atom. The predicted molar refractivity (Wildman–Crippen MR) is 97.2 cm³/mol. The Morgan fingerprint density at radius 2 is 1.97 bits per heavy atom. The van der Waals surface area contributed by atoms with Crippen molar-refractivity contribution in [1.29, 1.82) is 0 Å². The number of nitrogens with zero attached hydrogens (tertiary/aromatic N) is 1. The molecule has 172 valence electrons. The Bertz CT molecular complexity index is 1040. The Balaban J connectivity index is 2.14. The number of rotatable bonds is 9. The number of hydrogen-bond acceptors (Lipinski definition) is 10. The summed E-state index contributed by atoms with van der Waals surface area (Å²) in [5.41, 5.74) is -1.60. The fraction of sp³-hybridized carbons (Fsp3) is 0.600. The molecule has 1 saturated heterocycles. The highest BCUT2D eigenvalue weighted by Gasteiger charge is 2.52. The van der Waals surface area contributed by atoms with Gasteiger partial charge in [0.05, 0.1) is 0 Å². The van der Waals surface area contributed by atoms with Gasteiger partial charge in [-0.3, -0.25) is 14.3 Å². The molecule has 1 aromatic rings. The average molecular weight is 516 g/mol. The molecule has 5 N–H and O–H groups in total. The van der Waals surface area contributed by atoms with Crippen LogP contribution in [-0.2, 0) is 43.6 Å². The Kier molecular flexibility index (Phi) is 7.75. The maximum absolute atomic E-state index is 14.6. The highest BCUT2D eigenvalue weighted by molar-refractivity contribution is 8.08. The van der Waals surface area contributed by atoms with Crippen molar-refractivity contribution in [2.24, 2.45) is 0 Å². The SMILES string of the molecule is COC1(COP(O)(=S)OP(=O)(O)OP(=O)(O)O)OC(n2ccc(=O)[nH]c2=O)CC1F. The summed E-state index contributed by atoms with van der Waals surface area (Å²) in [4.78, 5) is 61.1. The molecule has 30 heavy (non-hydrogen) atoms. The Morgan fingerprint density at radius 1 is 1.33 bits per heavy atom. The maximum atomic E-state index is 14.6. The zero-order chi connectivity index (χ0) is 23.0. The highest BCUT2D eigenvalue weighted by atomic mass is 32.5. The predicted octanol–water partition coefficient (Wildman–Crippen LogP) is -0.404. The van der Waals surface area contributed by atoms with Gasteiger partial charge in [-0.2, -0.15) is 4.31 Å². The summed E-state index contributed by atoms with van der Waals surface area (Å²) in [7, 11) is -10.1. The van der Waals surface area contributed by atoms with Crippen LogP contribution in [-0.4, -0.2) is 54.8 Å². The molecule has 0 aliphatic carbocycles. The van der Waals surface area contributed by atoms with Crippen LogP contribution in [0.4, 0.5) is 4.39 Å². The van der Waals surface area contributed by atoms with Crippen LogP contribution in [0, 0.1) is 0 Å². The lowest BCUT2D eigenvalue weighted by atomic mass is 10.1. The number of halogens is 1. The monoisotopic (exact) mass is 516 g/mol. The second-order valence-corrected chi connectivity index (χ2v) is 11.5. The normalized spacial score (nSPS) is 28.7. The van der Waals surface area contributed by atoms with Gasteiger partial charge in [-0.05, 0) is 11.8 Å². The number of aromatic nitrogens is 2. The number of alkyl halides is 1.